The zero-order chi connectivity index (χ0) is 22.0. The van der Waals surface area contributed by atoms with E-state index in [1.165, 1.54) is 0 Å². The second-order valence-electron chi connectivity index (χ2n) is 8.23. The highest BCUT2D eigenvalue weighted by Gasteiger charge is 2.34. The molecule has 1 heterocycles. The van der Waals surface area contributed by atoms with Gasteiger partial charge in [-0.15, -0.1) is 0 Å². The lowest BCUT2D eigenvalue weighted by Gasteiger charge is -2.40. The van der Waals surface area contributed by atoms with Gasteiger partial charge < -0.3 is 20.1 Å². The summed E-state index contributed by atoms with van der Waals surface area (Å²) in [5.41, 5.74) is 4.58. The number of nitrogens with one attached hydrogen (secondary N) is 1. The molecule has 1 aliphatic carbocycles. The molecule has 0 spiro atoms. The third-order valence-electron chi connectivity index (χ3n) is 6.08. The molecule has 1 aliphatic heterocycles. The van der Waals surface area contributed by atoms with Crippen molar-refractivity contribution in [3.05, 3.63) is 59.7 Å². The fraction of sp³-hybridized carbons (Fsp3) is 0.375. The predicted octanol–water partition coefficient (Wildman–Crippen LogP) is 3.24. The van der Waals surface area contributed by atoms with E-state index in [-0.39, 0.29) is 30.8 Å². The van der Waals surface area contributed by atoms with Crippen molar-refractivity contribution in [2.45, 2.75) is 31.7 Å². The minimum absolute atomic E-state index is 0.0328. The molecule has 4 rings (SSSR count). The molecule has 7 heteroatoms. The number of ether oxygens (including phenoxy) is 1. The fourth-order valence-corrected chi connectivity index (χ4v) is 4.41. The van der Waals surface area contributed by atoms with Gasteiger partial charge >= 0.3 is 12.1 Å². The SMILES string of the molecule is C[C@@H](NC(=O)OCC1c2ccccc2-c2ccccc21)C(=O)N1CC(CCC(=O)O)C1. The molecule has 2 amide bonds. The van der Waals surface area contributed by atoms with Crippen LogP contribution in [0.1, 0.15) is 36.8 Å². The highest BCUT2D eigenvalue weighted by molar-refractivity contribution is 5.86. The highest BCUT2D eigenvalue weighted by atomic mass is 16.5. The first-order chi connectivity index (χ1) is 14.9. The van der Waals surface area contributed by atoms with E-state index in [9.17, 15) is 14.4 Å². The summed E-state index contributed by atoms with van der Waals surface area (Å²) in [6, 6.07) is 15.5. The van der Waals surface area contributed by atoms with Crippen LogP contribution in [0.4, 0.5) is 4.79 Å². The zero-order valence-electron chi connectivity index (χ0n) is 17.4. The van der Waals surface area contributed by atoms with Gasteiger partial charge in [0.1, 0.15) is 12.6 Å². The lowest BCUT2D eigenvalue weighted by atomic mass is 9.94. The van der Waals surface area contributed by atoms with Gasteiger partial charge in [-0.25, -0.2) is 4.79 Å². The Kier molecular flexibility index (Phi) is 5.93. The number of carbonyl (C=O) groups is 3. The summed E-state index contributed by atoms with van der Waals surface area (Å²) in [6.07, 6.45) is 0.0544. The summed E-state index contributed by atoms with van der Waals surface area (Å²) in [4.78, 5) is 37.1. The van der Waals surface area contributed by atoms with Crippen LogP contribution in [0.3, 0.4) is 0 Å². The average molecular weight is 422 g/mol. The van der Waals surface area contributed by atoms with Crippen LogP contribution in [0.15, 0.2) is 48.5 Å². The predicted molar refractivity (Wildman–Crippen MR) is 115 cm³/mol. The Bertz CT molecular complexity index is 953. The van der Waals surface area contributed by atoms with Gasteiger partial charge in [0.2, 0.25) is 5.91 Å². The summed E-state index contributed by atoms with van der Waals surface area (Å²) in [5, 5.41) is 11.4. The Balaban J connectivity index is 1.28. The molecule has 31 heavy (non-hydrogen) atoms. The van der Waals surface area contributed by atoms with Crippen LogP contribution in [0.25, 0.3) is 11.1 Å². The number of rotatable bonds is 7. The Morgan fingerprint density at radius 2 is 1.65 bits per heavy atom. The van der Waals surface area contributed by atoms with Gasteiger partial charge in [-0.3, -0.25) is 9.59 Å². The molecular weight excluding hydrogens is 396 g/mol. The van der Waals surface area contributed by atoms with Crippen LogP contribution in [-0.2, 0) is 14.3 Å². The van der Waals surface area contributed by atoms with E-state index in [4.69, 9.17) is 9.84 Å². The Morgan fingerprint density at radius 3 is 2.23 bits per heavy atom. The maximum absolute atomic E-state index is 12.5. The van der Waals surface area contributed by atoms with E-state index in [1.54, 1.807) is 11.8 Å². The van der Waals surface area contributed by atoms with E-state index in [1.807, 2.05) is 24.3 Å². The summed E-state index contributed by atoms with van der Waals surface area (Å²) in [5.74, 6) is -0.827. The van der Waals surface area contributed by atoms with Crippen LogP contribution in [-0.4, -0.2) is 53.7 Å². The molecule has 0 bridgehead atoms. The van der Waals surface area contributed by atoms with E-state index in [0.29, 0.717) is 19.5 Å². The van der Waals surface area contributed by atoms with Gasteiger partial charge in [-0.2, -0.15) is 0 Å². The summed E-state index contributed by atoms with van der Waals surface area (Å²) in [7, 11) is 0. The number of alkyl carbamates (subject to hydrolysis) is 1. The molecule has 7 nitrogen and oxygen atoms in total. The maximum Gasteiger partial charge on any atom is 0.407 e. The maximum atomic E-state index is 12.5. The molecule has 1 atom stereocenters. The van der Waals surface area contributed by atoms with E-state index in [0.717, 1.165) is 22.3 Å². The van der Waals surface area contributed by atoms with Gasteiger partial charge in [-0.1, -0.05) is 48.5 Å². The number of benzene rings is 2. The highest BCUT2D eigenvalue weighted by Crippen LogP contribution is 2.44. The molecule has 2 aliphatic rings. The van der Waals surface area contributed by atoms with Crippen molar-refractivity contribution in [1.29, 1.82) is 0 Å². The zero-order valence-corrected chi connectivity index (χ0v) is 17.4. The number of carboxylic acids is 1. The number of hydrogen-bond acceptors (Lipinski definition) is 4. The monoisotopic (exact) mass is 422 g/mol. The Hall–Kier alpha value is -3.35. The number of likely N-dealkylation sites (tertiary alicyclic amines) is 1. The van der Waals surface area contributed by atoms with Gasteiger partial charge in [0, 0.05) is 25.4 Å². The molecule has 0 saturated carbocycles. The fourth-order valence-electron chi connectivity index (χ4n) is 4.41. The summed E-state index contributed by atoms with van der Waals surface area (Å²) in [6.45, 7) is 2.89. The minimum Gasteiger partial charge on any atom is -0.481 e. The summed E-state index contributed by atoms with van der Waals surface area (Å²) >= 11 is 0. The largest absolute Gasteiger partial charge is 0.481 e. The van der Waals surface area contributed by atoms with Crippen molar-refractivity contribution in [2.75, 3.05) is 19.7 Å². The molecule has 0 unspecified atom stereocenters. The summed E-state index contributed by atoms with van der Waals surface area (Å²) < 4.78 is 5.49. The molecule has 2 N–H and O–H groups in total. The minimum atomic E-state index is -0.824. The van der Waals surface area contributed by atoms with Crippen molar-refractivity contribution < 1.29 is 24.2 Å². The van der Waals surface area contributed by atoms with Crippen LogP contribution in [0.2, 0.25) is 0 Å². The second-order valence-corrected chi connectivity index (χ2v) is 8.23. The molecule has 2 aromatic carbocycles. The molecular formula is C24H26N2O5. The number of carboxylic acid groups (broad SMARTS) is 1. The van der Waals surface area contributed by atoms with Gasteiger partial charge in [-0.05, 0) is 41.5 Å². The van der Waals surface area contributed by atoms with Crippen molar-refractivity contribution in [1.82, 2.24) is 10.2 Å². The van der Waals surface area contributed by atoms with Gasteiger partial charge in [0.15, 0.2) is 0 Å². The first kappa shape index (κ1) is 20.9. The standard InChI is InChI=1S/C24H26N2O5/c1-15(23(29)26-12-16(13-26)10-11-22(27)28)25-24(30)31-14-21-19-8-4-2-6-17(19)18-7-3-5-9-20(18)21/h2-9,15-16,21H,10-14H2,1H3,(H,25,30)(H,27,28)/t15-/m1/s1. The smallest absolute Gasteiger partial charge is 0.407 e. The first-order valence-corrected chi connectivity index (χ1v) is 10.6. The molecule has 162 valence electrons. The quantitative estimate of drug-likeness (QED) is 0.714. The normalized spacial score (nSPS) is 16.1. The average Bonchev–Trinajstić information content (AvgIpc) is 3.04. The van der Waals surface area contributed by atoms with Crippen LogP contribution in [0, 0.1) is 5.92 Å². The van der Waals surface area contributed by atoms with Crippen molar-refractivity contribution in [3.63, 3.8) is 0 Å². The number of fused-ring (bicyclic) bond motifs is 3. The number of hydrogen-bond donors (Lipinski definition) is 2. The topological polar surface area (TPSA) is 95.9 Å². The molecule has 1 fully saturated rings. The Morgan fingerprint density at radius 1 is 1.06 bits per heavy atom. The number of aliphatic carboxylic acids is 1. The number of carbonyl (C=O) groups excluding carboxylic acids is 2. The van der Waals surface area contributed by atoms with Crippen molar-refractivity contribution >= 4 is 18.0 Å². The molecule has 0 radical (unpaired) electrons. The van der Waals surface area contributed by atoms with Crippen molar-refractivity contribution in [2.24, 2.45) is 5.92 Å². The van der Waals surface area contributed by atoms with Crippen LogP contribution in [0.5, 0.6) is 0 Å². The van der Waals surface area contributed by atoms with Crippen LogP contribution < -0.4 is 5.32 Å². The molecule has 0 aromatic heterocycles. The molecule has 2 aromatic rings. The molecule has 1 saturated heterocycles. The van der Waals surface area contributed by atoms with Crippen LogP contribution >= 0.6 is 0 Å². The van der Waals surface area contributed by atoms with Gasteiger partial charge in [0.05, 0.1) is 0 Å². The van der Waals surface area contributed by atoms with Gasteiger partial charge in [0.25, 0.3) is 0 Å². The third-order valence-corrected chi connectivity index (χ3v) is 6.08. The third kappa shape index (κ3) is 4.40. The van der Waals surface area contributed by atoms with Crippen molar-refractivity contribution in [3.8, 4) is 11.1 Å². The van der Waals surface area contributed by atoms with E-state index in [2.05, 4.69) is 29.6 Å². The van der Waals surface area contributed by atoms with E-state index < -0.39 is 18.1 Å². The second kappa shape index (κ2) is 8.79. The Labute approximate surface area is 181 Å². The van der Waals surface area contributed by atoms with E-state index >= 15 is 0 Å². The number of nitrogens with zero attached hydrogens (tertiary/aromatic N) is 1. The number of amides is 2. The first-order valence-electron chi connectivity index (χ1n) is 10.6. The lowest BCUT2D eigenvalue weighted by molar-refractivity contribution is -0.140. The lowest BCUT2D eigenvalue weighted by Crippen LogP contribution is -2.56.